The van der Waals surface area contributed by atoms with E-state index in [1.54, 1.807) is 56.3 Å². The van der Waals surface area contributed by atoms with E-state index in [-0.39, 0.29) is 23.2 Å². The van der Waals surface area contributed by atoms with E-state index in [2.05, 4.69) is 0 Å². The molecule has 1 saturated heterocycles. The number of Topliss-reactive ketones (excluding diaryl/α,β-unsaturated/α-hetero) is 1. The summed E-state index contributed by atoms with van der Waals surface area (Å²) in [6.45, 7) is 7.66. The highest BCUT2D eigenvalue weighted by atomic mass is 16.5. The van der Waals surface area contributed by atoms with E-state index in [1.165, 1.54) is 29.2 Å². The van der Waals surface area contributed by atoms with Crippen LogP contribution in [0.3, 0.4) is 0 Å². The lowest BCUT2D eigenvalue weighted by atomic mass is 9.94. The predicted octanol–water partition coefficient (Wildman–Crippen LogP) is 5.29. The van der Waals surface area contributed by atoms with Crippen LogP contribution in [0.1, 0.15) is 53.9 Å². The molecular weight excluding hydrogens is 486 g/mol. The molecule has 3 aromatic carbocycles. The number of carbonyl (C=O) groups is 3. The predicted molar refractivity (Wildman–Crippen MR) is 142 cm³/mol. The van der Waals surface area contributed by atoms with Gasteiger partial charge in [0.25, 0.3) is 11.7 Å². The summed E-state index contributed by atoms with van der Waals surface area (Å²) >= 11 is 0. The summed E-state index contributed by atoms with van der Waals surface area (Å²) in [4.78, 5) is 40.3. The van der Waals surface area contributed by atoms with Crippen molar-refractivity contribution in [2.45, 2.75) is 39.8 Å². The first-order valence-corrected chi connectivity index (χ1v) is 12.3. The molecule has 0 saturated carbocycles. The van der Waals surface area contributed by atoms with E-state index in [4.69, 9.17) is 9.47 Å². The van der Waals surface area contributed by atoms with E-state index >= 15 is 0 Å². The Morgan fingerprint density at radius 1 is 0.974 bits per heavy atom. The average molecular weight is 516 g/mol. The Labute approximate surface area is 220 Å². The largest absolute Gasteiger partial charge is 0.508 e. The first kappa shape index (κ1) is 26.5. The smallest absolute Gasteiger partial charge is 0.338 e. The monoisotopic (exact) mass is 515 g/mol. The molecule has 0 bridgehead atoms. The molecule has 196 valence electrons. The molecule has 1 unspecified atom stereocenters. The van der Waals surface area contributed by atoms with Crippen molar-refractivity contribution in [2.75, 3.05) is 11.5 Å². The first-order valence-electron chi connectivity index (χ1n) is 12.3. The SMILES string of the molecule is CCOc1ccc(/C(O)=C2/C(=O)C(=O)N(c3ccc(C(=O)OC(C)C)cc3)C2c2ccc(O)cc2)cc1C. The number of amides is 1. The first-order chi connectivity index (χ1) is 18.1. The lowest BCUT2D eigenvalue weighted by molar-refractivity contribution is -0.132. The maximum atomic E-state index is 13.3. The van der Waals surface area contributed by atoms with Gasteiger partial charge in [0.05, 0.1) is 29.9 Å². The van der Waals surface area contributed by atoms with Gasteiger partial charge in [-0.1, -0.05) is 12.1 Å². The zero-order chi connectivity index (χ0) is 27.6. The van der Waals surface area contributed by atoms with E-state index in [0.717, 1.165) is 5.56 Å². The number of aliphatic hydroxyl groups excluding tert-OH is 1. The number of hydrogen-bond acceptors (Lipinski definition) is 7. The van der Waals surface area contributed by atoms with Crippen LogP contribution < -0.4 is 9.64 Å². The van der Waals surface area contributed by atoms with E-state index < -0.39 is 23.7 Å². The number of benzene rings is 3. The van der Waals surface area contributed by atoms with Crippen molar-refractivity contribution in [2.24, 2.45) is 0 Å². The molecule has 0 spiro atoms. The van der Waals surface area contributed by atoms with Crippen LogP contribution in [0.2, 0.25) is 0 Å². The fourth-order valence-corrected chi connectivity index (χ4v) is 4.38. The van der Waals surface area contributed by atoms with E-state index in [0.29, 0.717) is 34.7 Å². The van der Waals surface area contributed by atoms with Gasteiger partial charge in [-0.2, -0.15) is 0 Å². The van der Waals surface area contributed by atoms with Crippen LogP contribution in [-0.2, 0) is 14.3 Å². The number of ether oxygens (including phenoxy) is 2. The molecule has 1 heterocycles. The Morgan fingerprint density at radius 2 is 1.61 bits per heavy atom. The van der Waals surface area contributed by atoms with E-state index in [1.807, 2.05) is 13.8 Å². The van der Waals surface area contributed by atoms with Gasteiger partial charge in [-0.25, -0.2) is 4.79 Å². The van der Waals surface area contributed by atoms with Crippen molar-refractivity contribution in [3.8, 4) is 11.5 Å². The van der Waals surface area contributed by atoms with Gasteiger partial charge in [-0.3, -0.25) is 14.5 Å². The fraction of sp³-hybridized carbons (Fsp3) is 0.233. The highest BCUT2D eigenvalue weighted by molar-refractivity contribution is 6.51. The quantitative estimate of drug-likeness (QED) is 0.190. The van der Waals surface area contributed by atoms with Gasteiger partial charge in [0.2, 0.25) is 0 Å². The zero-order valence-corrected chi connectivity index (χ0v) is 21.6. The third-order valence-corrected chi connectivity index (χ3v) is 6.13. The maximum absolute atomic E-state index is 13.3. The third kappa shape index (κ3) is 5.11. The van der Waals surface area contributed by atoms with Crippen molar-refractivity contribution in [3.63, 3.8) is 0 Å². The van der Waals surface area contributed by atoms with Gasteiger partial charge < -0.3 is 19.7 Å². The molecule has 0 aliphatic carbocycles. The summed E-state index contributed by atoms with van der Waals surface area (Å²) in [5.41, 5.74) is 2.19. The lowest BCUT2D eigenvalue weighted by Crippen LogP contribution is -2.29. The van der Waals surface area contributed by atoms with Gasteiger partial charge in [0.1, 0.15) is 17.3 Å². The lowest BCUT2D eigenvalue weighted by Gasteiger charge is -2.25. The van der Waals surface area contributed by atoms with Crippen molar-refractivity contribution in [3.05, 3.63) is 94.6 Å². The number of aryl methyl sites for hydroxylation is 1. The Hall–Kier alpha value is -4.59. The molecule has 0 aromatic heterocycles. The second-order valence-corrected chi connectivity index (χ2v) is 9.17. The number of aromatic hydroxyl groups is 1. The number of rotatable bonds is 7. The Balaban J connectivity index is 1.83. The minimum absolute atomic E-state index is 0.0147. The zero-order valence-electron chi connectivity index (χ0n) is 21.6. The van der Waals surface area contributed by atoms with Crippen LogP contribution in [0.25, 0.3) is 5.76 Å². The van der Waals surface area contributed by atoms with Crippen LogP contribution in [0, 0.1) is 6.92 Å². The molecule has 1 fully saturated rings. The molecule has 38 heavy (non-hydrogen) atoms. The highest BCUT2D eigenvalue weighted by Crippen LogP contribution is 2.42. The number of nitrogens with zero attached hydrogens (tertiary/aromatic N) is 1. The van der Waals surface area contributed by atoms with Gasteiger partial charge in [0, 0.05) is 11.3 Å². The Kier molecular flexibility index (Phi) is 7.52. The maximum Gasteiger partial charge on any atom is 0.338 e. The van der Waals surface area contributed by atoms with Gasteiger partial charge in [0.15, 0.2) is 0 Å². The number of phenolic OH excluding ortho intramolecular Hbond substituents is 1. The summed E-state index contributed by atoms with van der Waals surface area (Å²) in [7, 11) is 0. The fourth-order valence-electron chi connectivity index (χ4n) is 4.38. The molecule has 8 heteroatoms. The summed E-state index contributed by atoms with van der Waals surface area (Å²) in [6, 6.07) is 16.3. The third-order valence-electron chi connectivity index (χ3n) is 6.13. The van der Waals surface area contributed by atoms with Crippen molar-refractivity contribution in [1.29, 1.82) is 0 Å². The molecule has 1 aliphatic rings. The number of aliphatic hydroxyl groups is 1. The van der Waals surface area contributed by atoms with Crippen molar-refractivity contribution < 1.29 is 34.1 Å². The minimum Gasteiger partial charge on any atom is -0.508 e. The summed E-state index contributed by atoms with van der Waals surface area (Å²) in [5.74, 6) is -1.85. The number of anilines is 1. The van der Waals surface area contributed by atoms with Crippen LogP contribution in [0.5, 0.6) is 11.5 Å². The number of carbonyl (C=O) groups excluding carboxylic acids is 3. The van der Waals surface area contributed by atoms with Crippen molar-refractivity contribution >= 4 is 29.1 Å². The summed E-state index contributed by atoms with van der Waals surface area (Å²) in [6.07, 6.45) is -0.291. The molecule has 8 nitrogen and oxygen atoms in total. The van der Waals surface area contributed by atoms with Gasteiger partial charge in [-0.05, 0) is 93.4 Å². The average Bonchev–Trinajstić information content (AvgIpc) is 3.15. The molecule has 1 atom stereocenters. The number of phenols is 1. The minimum atomic E-state index is -0.976. The molecule has 3 aromatic rings. The number of hydrogen-bond donors (Lipinski definition) is 2. The topological polar surface area (TPSA) is 113 Å². The standard InChI is InChI=1S/C30H29NO7/c1-5-37-24-15-10-21(16-18(24)4)27(33)25-26(19-8-13-23(32)14-9-19)31(29(35)28(25)34)22-11-6-20(7-12-22)30(36)38-17(2)3/h6-17,26,32-33H,5H2,1-4H3/b27-25-. The summed E-state index contributed by atoms with van der Waals surface area (Å²) < 4.78 is 10.8. The van der Waals surface area contributed by atoms with Crippen LogP contribution in [0.15, 0.2) is 72.3 Å². The van der Waals surface area contributed by atoms with Crippen LogP contribution in [0.4, 0.5) is 5.69 Å². The van der Waals surface area contributed by atoms with Gasteiger partial charge >= 0.3 is 5.97 Å². The van der Waals surface area contributed by atoms with Crippen LogP contribution >= 0.6 is 0 Å². The normalized spacial score (nSPS) is 16.7. The number of ketones is 1. The van der Waals surface area contributed by atoms with Crippen molar-refractivity contribution in [1.82, 2.24) is 0 Å². The van der Waals surface area contributed by atoms with Crippen LogP contribution in [-0.4, -0.2) is 40.6 Å². The van der Waals surface area contributed by atoms with Gasteiger partial charge in [-0.15, -0.1) is 0 Å². The summed E-state index contributed by atoms with van der Waals surface area (Å²) in [5, 5.41) is 21.2. The molecule has 1 amide bonds. The van der Waals surface area contributed by atoms with E-state index in [9.17, 15) is 24.6 Å². The Bertz CT molecular complexity index is 1410. The Morgan fingerprint density at radius 3 is 2.18 bits per heavy atom. The second kappa shape index (κ2) is 10.8. The highest BCUT2D eigenvalue weighted by Gasteiger charge is 2.47. The molecule has 2 N–H and O–H groups in total. The number of esters is 1. The second-order valence-electron chi connectivity index (χ2n) is 9.17. The molecule has 4 rings (SSSR count). The molecule has 1 aliphatic heterocycles. The molecular formula is C30H29NO7. The molecule has 0 radical (unpaired) electrons.